The summed E-state index contributed by atoms with van der Waals surface area (Å²) in [6.45, 7) is 7.18. The van der Waals surface area contributed by atoms with Crippen molar-refractivity contribution in [1.82, 2.24) is 5.32 Å². The van der Waals surface area contributed by atoms with E-state index in [0.717, 1.165) is 55.4 Å². The molecule has 2 amide bonds. The van der Waals surface area contributed by atoms with Crippen molar-refractivity contribution in [2.75, 3.05) is 18.5 Å². The van der Waals surface area contributed by atoms with Crippen LogP contribution in [0.4, 0.5) is 5.69 Å². The number of anilines is 1. The highest BCUT2D eigenvalue weighted by atomic mass is 16.8. The third-order valence-corrected chi connectivity index (χ3v) is 7.56. The molecule has 0 aliphatic carbocycles. The Hall–Kier alpha value is -6.16. The Morgan fingerprint density at radius 3 is 1.71 bits per heavy atom. The molecule has 0 bridgehead atoms. The number of hydrogen-bond donors (Lipinski definition) is 2. The maximum atomic E-state index is 14.0. The van der Waals surface area contributed by atoms with Gasteiger partial charge in [-0.1, -0.05) is 12.1 Å². The summed E-state index contributed by atoms with van der Waals surface area (Å²) < 4.78 is 55.2. The Labute approximate surface area is 338 Å². The monoisotopic (exact) mass is 840 g/mol. The topological polar surface area (TPSA) is 287 Å². The van der Waals surface area contributed by atoms with Crippen LogP contribution in [-0.2, 0) is 102 Å². The fourth-order valence-electron chi connectivity index (χ4n) is 5.63. The number of esters is 8. The van der Waals surface area contributed by atoms with Gasteiger partial charge in [0.25, 0.3) is 5.91 Å². The van der Waals surface area contributed by atoms with Gasteiger partial charge in [-0.2, -0.15) is 0 Å². The molecule has 1 heterocycles. The van der Waals surface area contributed by atoms with Crippen LogP contribution >= 0.6 is 0 Å². The SMILES string of the molecule is CC(=O)Nc1cccc(CNC(=O)[C@@H](OC(C)=O)[C@@H](OC(C)=O)[C@@H](O[C@@H]2O[C@H](COC(C)=O)[C@H](OC(C)=O)[C@H](OC(C)=O)[C@H]2OC(C)=O)[C@@H](COC(C)=O)OC(C)=O)c1. The number of benzene rings is 1. The first-order valence-corrected chi connectivity index (χ1v) is 17.8. The van der Waals surface area contributed by atoms with Crippen molar-refractivity contribution >= 4 is 65.3 Å². The van der Waals surface area contributed by atoms with Crippen LogP contribution in [0.2, 0.25) is 0 Å². The molecule has 0 spiro atoms. The van der Waals surface area contributed by atoms with Crippen molar-refractivity contribution in [3.05, 3.63) is 29.8 Å². The summed E-state index contributed by atoms with van der Waals surface area (Å²) >= 11 is 0. The van der Waals surface area contributed by atoms with Gasteiger partial charge in [0.05, 0.1) is 0 Å². The molecule has 2 rings (SSSR count). The summed E-state index contributed by atoms with van der Waals surface area (Å²) in [6.07, 6.45) is -17.2. The minimum atomic E-state index is -2.17. The molecule has 1 aromatic carbocycles. The van der Waals surface area contributed by atoms with Crippen molar-refractivity contribution in [3.63, 3.8) is 0 Å². The second-order valence-corrected chi connectivity index (χ2v) is 12.8. The van der Waals surface area contributed by atoms with Crippen molar-refractivity contribution in [1.29, 1.82) is 0 Å². The molecule has 1 saturated heterocycles. The van der Waals surface area contributed by atoms with Crippen molar-refractivity contribution in [2.45, 2.75) is 124 Å². The number of amides is 2. The van der Waals surface area contributed by atoms with Gasteiger partial charge in [0, 0.05) is 74.5 Å². The van der Waals surface area contributed by atoms with Gasteiger partial charge in [0.15, 0.2) is 36.8 Å². The van der Waals surface area contributed by atoms with E-state index in [1.54, 1.807) is 18.2 Å². The van der Waals surface area contributed by atoms with E-state index in [9.17, 15) is 47.9 Å². The minimum absolute atomic E-state index is 0.261. The van der Waals surface area contributed by atoms with Crippen LogP contribution in [0.25, 0.3) is 0 Å². The predicted octanol–water partition coefficient (Wildman–Crippen LogP) is 0.0877. The van der Waals surface area contributed by atoms with Crippen molar-refractivity contribution in [2.24, 2.45) is 0 Å². The molecule has 0 aromatic heterocycles. The molecule has 326 valence electrons. The van der Waals surface area contributed by atoms with E-state index >= 15 is 0 Å². The Bertz CT molecular complexity index is 1730. The van der Waals surface area contributed by atoms with E-state index < -0.39 is 122 Å². The lowest BCUT2D eigenvalue weighted by molar-refractivity contribution is -0.331. The largest absolute Gasteiger partial charge is 0.463 e. The number of nitrogens with one attached hydrogen (secondary N) is 2. The highest BCUT2D eigenvalue weighted by Gasteiger charge is 2.56. The standard InChI is InChI=1S/C37H48N2O20/c1-17(40)39-27-12-10-11-26(13-27)14-38-36(49)34(56-24(8)47)32(54-22(6)45)31(28(52-20(4)43)15-50-18(2)41)59-37-35(57-25(9)48)33(55-23(7)46)30(53-21(5)44)29(58-37)16-51-19(3)42/h10-13,28-35,37H,14-16H2,1-9H3,(H,38,49)(H,39,40)/t28-,29-,30+,31+,32+,33+,34+,35-,37+/m1/s1. The van der Waals surface area contributed by atoms with Gasteiger partial charge in [0.2, 0.25) is 12.0 Å². The molecule has 2 N–H and O–H groups in total. The first-order chi connectivity index (χ1) is 27.6. The summed E-state index contributed by atoms with van der Waals surface area (Å²) in [5.41, 5.74) is 0.819. The van der Waals surface area contributed by atoms with Gasteiger partial charge in [0.1, 0.15) is 25.4 Å². The summed E-state index contributed by atoms with van der Waals surface area (Å²) in [4.78, 5) is 125. The molecule has 59 heavy (non-hydrogen) atoms. The molecular weight excluding hydrogens is 792 g/mol. The Kier molecular flexibility index (Phi) is 19.3. The number of rotatable bonds is 19. The van der Waals surface area contributed by atoms with Gasteiger partial charge in [-0.3, -0.25) is 47.9 Å². The smallest absolute Gasteiger partial charge is 0.303 e. The highest BCUT2D eigenvalue weighted by Crippen LogP contribution is 2.33. The quantitative estimate of drug-likeness (QED) is 0.138. The zero-order valence-electron chi connectivity index (χ0n) is 33.8. The van der Waals surface area contributed by atoms with E-state index in [-0.39, 0.29) is 12.5 Å². The van der Waals surface area contributed by atoms with Crippen molar-refractivity contribution in [3.8, 4) is 0 Å². The first-order valence-electron chi connectivity index (χ1n) is 17.8. The van der Waals surface area contributed by atoms with E-state index in [0.29, 0.717) is 11.3 Å². The molecule has 0 radical (unpaired) electrons. The summed E-state index contributed by atoms with van der Waals surface area (Å²) in [6, 6.07) is 6.27. The highest BCUT2D eigenvalue weighted by molar-refractivity contribution is 5.89. The van der Waals surface area contributed by atoms with E-state index in [4.69, 9.17) is 47.4 Å². The molecule has 22 heteroatoms. The summed E-state index contributed by atoms with van der Waals surface area (Å²) in [5, 5.41) is 5.11. The third-order valence-electron chi connectivity index (χ3n) is 7.56. The molecule has 9 atom stereocenters. The number of carbonyl (C=O) groups excluding carboxylic acids is 10. The zero-order chi connectivity index (χ0) is 44.6. The van der Waals surface area contributed by atoms with Crippen LogP contribution < -0.4 is 10.6 Å². The van der Waals surface area contributed by atoms with Crippen LogP contribution in [0.1, 0.15) is 67.9 Å². The van der Waals surface area contributed by atoms with Gasteiger partial charge < -0.3 is 58.0 Å². The Balaban J connectivity index is 2.87. The number of carbonyl (C=O) groups is 10. The molecular formula is C37H48N2O20. The molecule has 0 saturated carbocycles. The van der Waals surface area contributed by atoms with E-state index in [1.165, 1.54) is 13.0 Å². The maximum Gasteiger partial charge on any atom is 0.303 e. The lowest BCUT2D eigenvalue weighted by Crippen LogP contribution is -2.65. The molecule has 0 unspecified atom stereocenters. The van der Waals surface area contributed by atoms with Gasteiger partial charge in [-0.25, -0.2) is 0 Å². The predicted molar refractivity (Wildman–Crippen MR) is 193 cm³/mol. The second kappa shape index (κ2) is 23.3. The molecule has 1 fully saturated rings. The summed E-state index contributed by atoms with van der Waals surface area (Å²) in [5.74, 6) is -9.45. The lowest BCUT2D eigenvalue weighted by atomic mass is 9.97. The number of ether oxygens (including phenoxy) is 10. The fourth-order valence-corrected chi connectivity index (χ4v) is 5.63. The normalized spacial score (nSPS) is 20.4. The Morgan fingerprint density at radius 1 is 0.627 bits per heavy atom. The van der Waals surface area contributed by atoms with Crippen LogP contribution in [0, 0.1) is 0 Å². The molecule has 1 aliphatic rings. The van der Waals surface area contributed by atoms with E-state index in [2.05, 4.69) is 10.6 Å². The van der Waals surface area contributed by atoms with Crippen LogP contribution in [0.3, 0.4) is 0 Å². The molecule has 1 aromatic rings. The summed E-state index contributed by atoms with van der Waals surface area (Å²) in [7, 11) is 0. The maximum absolute atomic E-state index is 14.0. The zero-order valence-corrected chi connectivity index (χ0v) is 33.8. The third kappa shape index (κ3) is 17.1. The van der Waals surface area contributed by atoms with Crippen molar-refractivity contribution < 1.29 is 95.3 Å². The van der Waals surface area contributed by atoms with Gasteiger partial charge in [-0.05, 0) is 17.7 Å². The average Bonchev–Trinajstić information content (AvgIpc) is 3.10. The molecule has 1 aliphatic heterocycles. The van der Waals surface area contributed by atoms with Crippen LogP contribution in [-0.4, -0.2) is 128 Å². The van der Waals surface area contributed by atoms with Crippen LogP contribution in [0.15, 0.2) is 24.3 Å². The first kappa shape index (κ1) is 49.0. The lowest BCUT2D eigenvalue weighted by Gasteiger charge is -2.46. The fraction of sp³-hybridized carbons (Fsp3) is 0.568. The van der Waals surface area contributed by atoms with E-state index in [1.807, 2.05) is 0 Å². The second-order valence-electron chi connectivity index (χ2n) is 12.8. The number of hydrogen-bond acceptors (Lipinski definition) is 20. The average molecular weight is 841 g/mol. The van der Waals surface area contributed by atoms with Gasteiger partial charge >= 0.3 is 47.8 Å². The van der Waals surface area contributed by atoms with Crippen LogP contribution in [0.5, 0.6) is 0 Å². The molecule has 22 nitrogen and oxygen atoms in total. The minimum Gasteiger partial charge on any atom is -0.463 e. The van der Waals surface area contributed by atoms with Gasteiger partial charge in [-0.15, -0.1) is 0 Å². The Morgan fingerprint density at radius 2 is 1.19 bits per heavy atom.